The molecule has 1 aliphatic rings. The van der Waals surface area contributed by atoms with Crippen LogP contribution in [0.2, 0.25) is 0 Å². The first-order valence-corrected chi connectivity index (χ1v) is 9.59. The van der Waals surface area contributed by atoms with E-state index in [2.05, 4.69) is 29.1 Å². The van der Waals surface area contributed by atoms with Crippen LogP contribution in [0.15, 0.2) is 4.99 Å². The van der Waals surface area contributed by atoms with Crippen molar-refractivity contribution in [2.24, 2.45) is 16.8 Å². The molecule has 22 heavy (non-hydrogen) atoms. The molecule has 0 aromatic rings. The van der Waals surface area contributed by atoms with Gasteiger partial charge in [0.25, 0.3) is 0 Å². The minimum Gasteiger partial charge on any atom is -0.379 e. The first-order valence-electron chi connectivity index (χ1n) is 7.53. The lowest BCUT2D eigenvalue weighted by molar-refractivity contribution is 0.151. The standard InChI is InChI=1S/C14H29N3O3S.HI/c1-12-9-13(2)11-17(10-12)14(15-3)16-5-6-20-7-8-21(4,18)19;/h12-13H,5-11H2,1-4H3,(H,15,16);1H. The highest BCUT2D eigenvalue weighted by Gasteiger charge is 2.23. The Balaban J connectivity index is 0.00000441. The van der Waals surface area contributed by atoms with Gasteiger partial charge in [-0.1, -0.05) is 13.8 Å². The van der Waals surface area contributed by atoms with Crippen molar-refractivity contribution in [2.45, 2.75) is 20.3 Å². The Bertz CT molecular complexity index is 433. The highest BCUT2D eigenvalue weighted by atomic mass is 127. The van der Waals surface area contributed by atoms with Crippen molar-refractivity contribution in [3.63, 3.8) is 0 Å². The smallest absolute Gasteiger partial charge is 0.193 e. The molecular weight excluding hydrogens is 417 g/mol. The maximum absolute atomic E-state index is 11.0. The number of nitrogens with one attached hydrogen (secondary N) is 1. The van der Waals surface area contributed by atoms with Crippen molar-refractivity contribution in [1.29, 1.82) is 0 Å². The molecule has 0 aromatic heterocycles. The van der Waals surface area contributed by atoms with Gasteiger partial charge in [0, 0.05) is 32.9 Å². The van der Waals surface area contributed by atoms with Gasteiger partial charge in [0.1, 0.15) is 9.84 Å². The summed E-state index contributed by atoms with van der Waals surface area (Å²) < 4.78 is 27.2. The number of hydrogen-bond donors (Lipinski definition) is 1. The highest BCUT2D eigenvalue weighted by Crippen LogP contribution is 2.20. The van der Waals surface area contributed by atoms with Crippen molar-refractivity contribution in [3.05, 3.63) is 0 Å². The fraction of sp³-hybridized carbons (Fsp3) is 0.929. The SMILES string of the molecule is CN=C(NCCOCCS(C)(=O)=O)N1CC(C)CC(C)C1.I. The summed E-state index contributed by atoms with van der Waals surface area (Å²) in [5, 5.41) is 3.28. The topological polar surface area (TPSA) is 71.0 Å². The van der Waals surface area contributed by atoms with Gasteiger partial charge >= 0.3 is 0 Å². The molecule has 0 aliphatic carbocycles. The second-order valence-corrected chi connectivity index (χ2v) is 8.33. The normalized spacial score (nSPS) is 23.1. The number of guanidine groups is 1. The third-order valence-electron chi connectivity index (χ3n) is 3.51. The van der Waals surface area contributed by atoms with Gasteiger partial charge in [-0.3, -0.25) is 4.99 Å². The molecule has 6 nitrogen and oxygen atoms in total. The fourth-order valence-electron chi connectivity index (χ4n) is 2.72. The van der Waals surface area contributed by atoms with Crippen LogP contribution in [-0.2, 0) is 14.6 Å². The number of sulfone groups is 1. The van der Waals surface area contributed by atoms with Crippen LogP contribution >= 0.6 is 24.0 Å². The summed E-state index contributed by atoms with van der Waals surface area (Å²) in [7, 11) is -1.15. The van der Waals surface area contributed by atoms with Crippen molar-refractivity contribution in [2.75, 3.05) is 51.9 Å². The first kappa shape index (κ1) is 21.9. The molecule has 2 atom stereocenters. The van der Waals surface area contributed by atoms with Crippen LogP contribution in [0, 0.1) is 11.8 Å². The fourth-order valence-corrected chi connectivity index (χ4v) is 3.14. The molecule has 1 fully saturated rings. The summed E-state index contributed by atoms with van der Waals surface area (Å²) in [6.45, 7) is 7.95. The molecule has 0 aromatic carbocycles. The number of halogens is 1. The summed E-state index contributed by atoms with van der Waals surface area (Å²) in [4.78, 5) is 6.60. The van der Waals surface area contributed by atoms with Gasteiger partial charge in [-0.05, 0) is 18.3 Å². The number of nitrogens with zero attached hydrogens (tertiary/aromatic N) is 2. The van der Waals surface area contributed by atoms with Gasteiger partial charge in [0.2, 0.25) is 0 Å². The molecule has 2 unspecified atom stereocenters. The van der Waals surface area contributed by atoms with E-state index in [1.54, 1.807) is 7.05 Å². The van der Waals surface area contributed by atoms with Gasteiger partial charge in [-0.25, -0.2) is 8.42 Å². The quantitative estimate of drug-likeness (QED) is 0.287. The van der Waals surface area contributed by atoms with E-state index in [0.29, 0.717) is 25.0 Å². The molecule has 8 heteroatoms. The second-order valence-electron chi connectivity index (χ2n) is 6.07. The lowest BCUT2D eigenvalue weighted by Crippen LogP contribution is -2.49. The predicted octanol–water partition coefficient (Wildman–Crippen LogP) is 1.22. The van der Waals surface area contributed by atoms with Gasteiger partial charge in [-0.15, -0.1) is 24.0 Å². The number of ether oxygens (including phenoxy) is 1. The van der Waals surface area contributed by atoms with Gasteiger partial charge in [0.05, 0.1) is 19.0 Å². The summed E-state index contributed by atoms with van der Waals surface area (Å²) in [6.07, 6.45) is 2.48. The largest absolute Gasteiger partial charge is 0.379 e. The molecule has 0 radical (unpaired) electrons. The Morgan fingerprint density at radius 1 is 1.27 bits per heavy atom. The van der Waals surface area contributed by atoms with E-state index in [0.717, 1.165) is 19.0 Å². The van der Waals surface area contributed by atoms with Gasteiger partial charge in [0.15, 0.2) is 5.96 Å². The second kappa shape index (κ2) is 10.6. The monoisotopic (exact) mass is 447 g/mol. The van der Waals surface area contributed by atoms with E-state index in [-0.39, 0.29) is 36.3 Å². The van der Waals surface area contributed by atoms with Gasteiger partial charge < -0.3 is 15.0 Å². The zero-order chi connectivity index (χ0) is 15.9. The maximum atomic E-state index is 11.0. The molecule has 1 rings (SSSR count). The molecule has 1 aliphatic heterocycles. The van der Waals surface area contributed by atoms with E-state index in [1.807, 2.05) is 0 Å². The van der Waals surface area contributed by atoms with Crippen molar-refractivity contribution >= 4 is 39.8 Å². The third kappa shape index (κ3) is 9.14. The van der Waals surface area contributed by atoms with E-state index in [9.17, 15) is 8.42 Å². The van der Waals surface area contributed by atoms with Gasteiger partial charge in [-0.2, -0.15) is 0 Å². The van der Waals surface area contributed by atoms with Crippen molar-refractivity contribution in [3.8, 4) is 0 Å². The Hall–Kier alpha value is -0.0900. The van der Waals surface area contributed by atoms with E-state index in [4.69, 9.17) is 4.74 Å². The van der Waals surface area contributed by atoms with Crippen LogP contribution in [0.3, 0.4) is 0 Å². The minimum absolute atomic E-state index is 0. The van der Waals surface area contributed by atoms with Crippen LogP contribution < -0.4 is 5.32 Å². The lowest BCUT2D eigenvalue weighted by atomic mass is 9.92. The average molecular weight is 447 g/mol. The summed E-state index contributed by atoms with van der Waals surface area (Å²) in [6, 6.07) is 0. The molecule has 0 spiro atoms. The minimum atomic E-state index is -2.94. The van der Waals surface area contributed by atoms with Crippen LogP contribution in [0.5, 0.6) is 0 Å². The van der Waals surface area contributed by atoms with Crippen molar-refractivity contribution in [1.82, 2.24) is 10.2 Å². The first-order chi connectivity index (χ1) is 9.81. The lowest BCUT2D eigenvalue weighted by Gasteiger charge is -2.37. The third-order valence-corrected chi connectivity index (χ3v) is 4.42. The Morgan fingerprint density at radius 3 is 2.36 bits per heavy atom. The number of piperidine rings is 1. The van der Waals surface area contributed by atoms with Crippen molar-refractivity contribution < 1.29 is 13.2 Å². The number of likely N-dealkylation sites (tertiary alicyclic amines) is 1. The number of rotatable bonds is 6. The molecular formula is C14H30IN3O3S. The molecule has 132 valence electrons. The Labute approximate surface area is 152 Å². The zero-order valence-corrected chi connectivity index (χ0v) is 17.2. The van der Waals surface area contributed by atoms with Crippen LogP contribution in [-0.4, -0.2) is 71.2 Å². The number of hydrogen-bond acceptors (Lipinski definition) is 4. The van der Waals surface area contributed by atoms with E-state index < -0.39 is 9.84 Å². The highest BCUT2D eigenvalue weighted by molar-refractivity contribution is 14.0. The molecule has 0 bridgehead atoms. The Kier molecular flexibility index (Phi) is 10.6. The zero-order valence-electron chi connectivity index (χ0n) is 14.0. The van der Waals surface area contributed by atoms with E-state index >= 15 is 0 Å². The predicted molar refractivity (Wildman–Crippen MR) is 102 cm³/mol. The van der Waals surface area contributed by atoms with Crippen LogP contribution in [0.25, 0.3) is 0 Å². The summed E-state index contributed by atoms with van der Waals surface area (Å²) in [5.41, 5.74) is 0. The Morgan fingerprint density at radius 2 is 1.86 bits per heavy atom. The average Bonchev–Trinajstić information content (AvgIpc) is 2.35. The molecule has 1 heterocycles. The van der Waals surface area contributed by atoms with Crippen LogP contribution in [0.4, 0.5) is 0 Å². The molecule has 1 saturated heterocycles. The molecule has 0 amide bonds. The van der Waals surface area contributed by atoms with Crippen LogP contribution in [0.1, 0.15) is 20.3 Å². The summed E-state index contributed by atoms with van der Waals surface area (Å²) in [5.74, 6) is 2.33. The maximum Gasteiger partial charge on any atom is 0.193 e. The number of aliphatic imine (C=N–C) groups is 1. The molecule has 1 N–H and O–H groups in total. The summed E-state index contributed by atoms with van der Waals surface area (Å²) >= 11 is 0. The molecule has 0 saturated carbocycles. The van der Waals surface area contributed by atoms with E-state index in [1.165, 1.54) is 12.7 Å².